The minimum absolute atomic E-state index is 0.0923. The van der Waals surface area contributed by atoms with Crippen molar-refractivity contribution in [3.63, 3.8) is 0 Å². The van der Waals surface area contributed by atoms with Crippen LogP contribution < -0.4 is 67.5 Å². The van der Waals surface area contributed by atoms with E-state index in [1.165, 1.54) is 77.0 Å². The van der Waals surface area contributed by atoms with Gasteiger partial charge in [0.2, 0.25) is 29.7 Å². The molecule has 4 aromatic heterocycles. The van der Waals surface area contributed by atoms with Gasteiger partial charge >= 0.3 is 0 Å². The van der Waals surface area contributed by atoms with Crippen LogP contribution in [0, 0.1) is 53.3 Å². The number of benzene rings is 4. The number of aliphatic hydroxyl groups is 4. The summed E-state index contributed by atoms with van der Waals surface area (Å²) in [6, 6.07) is 21.7. The van der Waals surface area contributed by atoms with Crippen LogP contribution in [0.4, 0.5) is 47.1 Å². The Kier molecular flexibility index (Phi) is 31.9. The summed E-state index contributed by atoms with van der Waals surface area (Å²) >= 11 is 25.0. The molecule has 8 unspecified atom stereocenters. The number of aliphatic hydroxyl groups excluding tert-OH is 4. The van der Waals surface area contributed by atoms with E-state index in [4.69, 9.17) is 66.3 Å². The van der Waals surface area contributed by atoms with E-state index in [-0.39, 0.29) is 62.0 Å². The van der Waals surface area contributed by atoms with E-state index >= 15 is 0 Å². The van der Waals surface area contributed by atoms with Crippen LogP contribution in [-0.2, 0) is 57.4 Å². The van der Waals surface area contributed by atoms with Crippen molar-refractivity contribution in [3.8, 4) is 0 Å². The van der Waals surface area contributed by atoms with Gasteiger partial charge in [-0.05, 0) is 239 Å². The van der Waals surface area contributed by atoms with Crippen molar-refractivity contribution in [2.45, 2.75) is 174 Å². The van der Waals surface area contributed by atoms with Gasteiger partial charge in [-0.15, -0.1) is 0 Å². The van der Waals surface area contributed by atoms with Gasteiger partial charge < -0.3 is 97.7 Å². The quantitative estimate of drug-likeness (QED) is 0.0192. The molecule has 13 N–H and O–H groups in total. The van der Waals surface area contributed by atoms with Crippen LogP contribution in [0.3, 0.4) is 0 Å². The number of nitrogens with zero attached hydrogens (tertiary/aromatic N) is 14. The molecule has 4 aromatic carbocycles. The predicted molar refractivity (Wildman–Crippen MR) is 520 cm³/mol. The zero-order valence-electron chi connectivity index (χ0n) is 76.2. The van der Waals surface area contributed by atoms with Gasteiger partial charge in [-0.1, -0.05) is 121 Å². The highest BCUT2D eigenvalue weighted by molar-refractivity contribution is 6.32. The Hall–Kier alpha value is -10.1. The van der Waals surface area contributed by atoms with Gasteiger partial charge in [0.05, 0.1) is 26.4 Å². The lowest BCUT2D eigenvalue weighted by atomic mass is 9.89. The van der Waals surface area contributed by atoms with Crippen molar-refractivity contribution in [2.24, 2.45) is 53.3 Å². The number of aromatic nitrogens is 8. The smallest absolute Gasteiger partial charge is 0.257 e. The molecule has 5 amide bonds. The number of carbonyl (C=O) groups is 5. The third-order valence-electron chi connectivity index (χ3n) is 28.5. The van der Waals surface area contributed by atoms with Crippen LogP contribution in [0.5, 0.6) is 0 Å². The van der Waals surface area contributed by atoms with Gasteiger partial charge in [-0.2, -0.15) is 19.9 Å². The van der Waals surface area contributed by atoms with E-state index in [2.05, 4.69) is 104 Å². The average molecular weight is 1910 g/mol. The molecule has 134 heavy (non-hydrogen) atoms. The summed E-state index contributed by atoms with van der Waals surface area (Å²) in [5.41, 5.74) is 8.14. The second kappa shape index (κ2) is 44.8. The Morgan fingerprint density at radius 3 is 1.10 bits per heavy atom. The molecule has 714 valence electrons. The lowest BCUT2D eigenvalue weighted by Crippen LogP contribution is -2.45. The molecule has 12 aliphatic rings. The van der Waals surface area contributed by atoms with Gasteiger partial charge in [0.25, 0.3) is 23.6 Å². The number of halogens is 4. The summed E-state index contributed by atoms with van der Waals surface area (Å²) < 4.78 is 0. The van der Waals surface area contributed by atoms with Crippen LogP contribution in [0.25, 0.3) is 0 Å². The fourth-order valence-corrected chi connectivity index (χ4v) is 20.7. The fourth-order valence-electron chi connectivity index (χ4n) is 19.7. The number of fused-ring (bicyclic) bond motifs is 4. The Balaban J connectivity index is 0.000000124. The normalized spacial score (nSPS) is 22.6. The van der Waals surface area contributed by atoms with E-state index < -0.39 is 6.04 Å². The van der Waals surface area contributed by atoms with E-state index in [1.54, 1.807) is 36.9 Å². The first-order valence-electron chi connectivity index (χ1n) is 48.1. The molecule has 11 heterocycles. The Bertz CT molecular complexity index is 5440. The van der Waals surface area contributed by atoms with Gasteiger partial charge in [0.15, 0.2) is 0 Å². The minimum Gasteiger partial charge on any atom is -0.392 e. The van der Waals surface area contributed by atoms with Crippen LogP contribution in [0.2, 0.25) is 20.1 Å². The minimum atomic E-state index is -0.571. The van der Waals surface area contributed by atoms with E-state index in [0.29, 0.717) is 170 Å². The second-order valence-corrected chi connectivity index (χ2v) is 40.0. The molecule has 5 saturated carbocycles. The molecule has 12 fully saturated rings. The number of nitrogens with one attached hydrogen (secondary N) is 9. The maximum Gasteiger partial charge on any atom is 0.257 e. The maximum atomic E-state index is 13.2. The summed E-state index contributed by atoms with van der Waals surface area (Å²) in [6.07, 6.45) is 25.9. The lowest BCUT2D eigenvalue weighted by molar-refractivity contribution is -0.122. The summed E-state index contributed by atoms with van der Waals surface area (Å²) in [4.78, 5) is 115. The van der Waals surface area contributed by atoms with Crippen molar-refractivity contribution in [1.82, 2.24) is 76.3 Å². The number of hydrogen-bond acceptors (Lipinski definition) is 27. The highest BCUT2D eigenvalue weighted by Crippen LogP contribution is 2.49. The molecule has 9 atom stereocenters. The Morgan fingerprint density at radius 2 is 0.739 bits per heavy atom. The zero-order chi connectivity index (χ0) is 92.9. The molecule has 20 rings (SSSR count). The standard InChI is InChI=1S/C25H33ClN6O2.C25H32ClN5O2.C24H29ClN6O3.C24H31ClN6O2/c26-22-10-17(4-5-18(22)16-33)12-28-23-21(24(34)27-6-9-31-7-2-1-3-8-31)13-29-25(30-23)32-14-19-11-20(19)15-32;26-22-8-17(6-7-18(22)15-32)11-27-23-21(24(33)28-10-16-4-2-1-3-5-16)12-29-25(30-23)31-13-19-9-20(19)14-31;25-19-7-14(4-5-15(19)13-32)9-27-21-18(22(33)29-20-3-1-2-6-26-23(20)34)10-28-24(30-21)31-11-16-8-17(16)12-31;1-30-6-4-19(5-7-30)28-23(33)20-11-27-24(31-12-17-9-18(17)13-31)29-22(20)26-10-15-2-3-16(14-32)21(25)8-15/h4-5,10,13,19-20,33H,1-3,6-9,11-12,14-16H2,(H,27,34)(H,28,29,30);6-8,12,16,19-20,32H,1-5,9-11,13-15H2,(H,28,33)(H,27,29,30);4-5,7,10,16-17,20,32H,1-3,6,8-9,11-13H2,(H,26,34)(H,29,33)(H,27,28,30);2-3,8,11,17-19,32H,4-7,9-10,12-14H2,1H3,(H,28,33)(H,26,27,29)/t;;16?,17?,20-;/m..0./s1. The Morgan fingerprint density at radius 1 is 0.403 bits per heavy atom. The molecular formula is C98H125Cl4N23O9. The largest absolute Gasteiger partial charge is 0.392 e. The molecule has 36 heteroatoms. The molecule has 7 saturated heterocycles. The first-order chi connectivity index (χ1) is 65.2. The van der Waals surface area contributed by atoms with Gasteiger partial charge in [0.1, 0.15) is 51.6 Å². The molecule has 5 aliphatic carbocycles. The third kappa shape index (κ3) is 25.0. The SMILES string of the molecule is CN1CCC(NC(=O)c2cnc(N3CC4CC4C3)nc2NCc2ccc(CO)c(Cl)c2)CC1.O=C(NCC1CCCCC1)c1cnc(N2CC3CC3C2)nc1NCc1ccc(CO)c(Cl)c1.O=C(NCCN1CCCCC1)c1cnc(N2CC3CC3C2)nc1NCc1ccc(CO)c(Cl)c1.O=C(N[C@H]1CCCCNC1=O)c1cnc(N2CC3CC3C2)nc1NCc1ccc(CO)c(Cl)c1. The first kappa shape index (κ1) is 95.6. The van der Waals surface area contributed by atoms with Gasteiger partial charge in [0, 0.05) is 156 Å². The van der Waals surface area contributed by atoms with Crippen molar-refractivity contribution in [2.75, 3.05) is 153 Å². The first-order valence-corrected chi connectivity index (χ1v) is 49.6. The molecule has 7 aliphatic heterocycles. The van der Waals surface area contributed by atoms with Crippen molar-refractivity contribution >= 4 is 123 Å². The number of rotatable bonds is 31. The number of amides is 5. The number of anilines is 8. The summed E-state index contributed by atoms with van der Waals surface area (Å²) in [7, 11) is 2.11. The maximum absolute atomic E-state index is 13.2. The number of carbonyl (C=O) groups excluding carboxylic acids is 5. The average Bonchev–Trinajstić information content (AvgIpc) is 1.63. The monoisotopic (exact) mass is 1910 g/mol. The van der Waals surface area contributed by atoms with E-state index in [9.17, 15) is 44.4 Å². The van der Waals surface area contributed by atoms with Crippen molar-refractivity contribution < 1.29 is 44.4 Å². The van der Waals surface area contributed by atoms with Crippen LogP contribution in [0.1, 0.15) is 195 Å². The zero-order valence-corrected chi connectivity index (χ0v) is 79.2. The summed E-state index contributed by atoms with van der Waals surface area (Å²) in [6.45, 7) is 16.2. The van der Waals surface area contributed by atoms with Crippen molar-refractivity contribution in [3.05, 3.63) is 184 Å². The van der Waals surface area contributed by atoms with E-state index in [1.807, 2.05) is 60.7 Å². The molecule has 0 spiro atoms. The van der Waals surface area contributed by atoms with E-state index in [0.717, 1.165) is 180 Å². The third-order valence-corrected chi connectivity index (χ3v) is 29.9. The predicted octanol–water partition coefficient (Wildman–Crippen LogP) is 11.5. The highest BCUT2D eigenvalue weighted by atomic mass is 35.5. The topological polar surface area (TPSA) is 397 Å². The lowest BCUT2D eigenvalue weighted by Gasteiger charge is -2.29. The molecule has 8 aromatic rings. The Labute approximate surface area is 802 Å². The number of likely N-dealkylation sites (tertiary alicyclic amines) is 2. The summed E-state index contributed by atoms with van der Waals surface area (Å²) in [5, 5.41) is 67.8. The number of hydrogen-bond donors (Lipinski definition) is 13. The van der Waals surface area contributed by atoms with Crippen molar-refractivity contribution in [1.29, 1.82) is 0 Å². The molecule has 0 bridgehead atoms. The highest BCUT2D eigenvalue weighted by Gasteiger charge is 2.49. The molecule has 32 nitrogen and oxygen atoms in total. The van der Waals surface area contributed by atoms with Crippen LogP contribution in [0.15, 0.2) is 97.6 Å². The second-order valence-electron chi connectivity index (χ2n) is 38.4. The van der Waals surface area contributed by atoms with Gasteiger partial charge in [-0.3, -0.25) is 24.0 Å². The molecular weight excluding hydrogens is 1790 g/mol. The number of piperidine rings is 6. The fraction of sp³-hybridized carbons (Fsp3) is 0.541. The van der Waals surface area contributed by atoms with Gasteiger partial charge in [-0.25, -0.2) is 19.9 Å². The van der Waals surface area contributed by atoms with Crippen LogP contribution in [-0.4, -0.2) is 223 Å². The molecule has 0 radical (unpaired) electrons. The summed E-state index contributed by atoms with van der Waals surface area (Å²) in [5.74, 6) is 10.3. The van der Waals surface area contributed by atoms with Crippen LogP contribution >= 0.6 is 46.4 Å².